The van der Waals surface area contributed by atoms with Gasteiger partial charge in [0, 0.05) is 13.1 Å². The number of morpholine rings is 1. The standard InChI is InChI=1S/C16H17FN4O2/c1-10-15(16-19-11(2)20-23-16)21(5-6-22-10)9-12-3-4-14(17)13(7-12)8-18/h3-4,7,10,15H,5-6,9H2,1-2H3/t10-,15+/m1/s1. The molecule has 7 heteroatoms. The van der Waals surface area contributed by atoms with E-state index in [0.717, 1.165) is 5.56 Å². The molecule has 0 unspecified atom stereocenters. The normalized spacial score (nSPS) is 22.0. The topological polar surface area (TPSA) is 75.2 Å². The summed E-state index contributed by atoms with van der Waals surface area (Å²) in [4.78, 5) is 6.46. The van der Waals surface area contributed by atoms with Crippen molar-refractivity contribution >= 4 is 0 Å². The quantitative estimate of drug-likeness (QED) is 0.865. The minimum Gasteiger partial charge on any atom is -0.375 e. The lowest BCUT2D eigenvalue weighted by Gasteiger charge is -2.37. The van der Waals surface area contributed by atoms with Crippen molar-refractivity contribution in [1.82, 2.24) is 15.0 Å². The summed E-state index contributed by atoms with van der Waals surface area (Å²) >= 11 is 0. The summed E-state index contributed by atoms with van der Waals surface area (Å²) in [6, 6.07) is 6.29. The summed E-state index contributed by atoms with van der Waals surface area (Å²) in [5, 5.41) is 12.8. The van der Waals surface area contributed by atoms with Crippen LogP contribution in [-0.2, 0) is 11.3 Å². The molecule has 0 spiro atoms. The van der Waals surface area contributed by atoms with Crippen LogP contribution < -0.4 is 0 Å². The number of ether oxygens (including phenoxy) is 1. The van der Waals surface area contributed by atoms with Crippen LogP contribution in [0.4, 0.5) is 4.39 Å². The van der Waals surface area contributed by atoms with Crippen molar-refractivity contribution in [2.45, 2.75) is 32.5 Å². The van der Waals surface area contributed by atoms with Gasteiger partial charge in [-0.1, -0.05) is 11.2 Å². The Morgan fingerprint density at radius 2 is 2.30 bits per heavy atom. The molecule has 0 radical (unpaired) electrons. The summed E-state index contributed by atoms with van der Waals surface area (Å²) in [6.07, 6.45) is -0.0977. The van der Waals surface area contributed by atoms with Gasteiger partial charge in [0.15, 0.2) is 5.82 Å². The van der Waals surface area contributed by atoms with Crippen molar-refractivity contribution in [3.8, 4) is 6.07 Å². The van der Waals surface area contributed by atoms with E-state index in [1.54, 1.807) is 19.1 Å². The lowest BCUT2D eigenvalue weighted by Crippen LogP contribution is -2.43. The first-order valence-electron chi connectivity index (χ1n) is 7.43. The van der Waals surface area contributed by atoms with Crippen molar-refractivity contribution in [2.75, 3.05) is 13.2 Å². The molecule has 1 aliphatic rings. The Hall–Kier alpha value is -2.30. The summed E-state index contributed by atoms with van der Waals surface area (Å²) in [6.45, 7) is 5.56. The second-order valence-corrected chi connectivity index (χ2v) is 5.60. The average molecular weight is 316 g/mol. The lowest BCUT2D eigenvalue weighted by molar-refractivity contribution is -0.0763. The molecule has 1 aromatic carbocycles. The minimum atomic E-state index is -0.504. The summed E-state index contributed by atoms with van der Waals surface area (Å²) in [5.74, 6) is 0.583. The van der Waals surface area contributed by atoms with Gasteiger partial charge in [0.25, 0.3) is 0 Å². The zero-order valence-electron chi connectivity index (χ0n) is 13.0. The Bertz CT molecular complexity index is 740. The third-order valence-corrected chi connectivity index (χ3v) is 3.93. The van der Waals surface area contributed by atoms with Crippen molar-refractivity contribution in [2.24, 2.45) is 0 Å². The van der Waals surface area contributed by atoms with Crippen LogP contribution in [0.3, 0.4) is 0 Å². The van der Waals surface area contributed by atoms with Crippen LogP contribution >= 0.6 is 0 Å². The highest BCUT2D eigenvalue weighted by Gasteiger charge is 2.35. The van der Waals surface area contributed by atoms with Gasteiger partial charge in [-0.2, -0.15) is 10.2 Å². The number of nitrogens with zero attached hydrogens (tertiary/aromatic N) is 4. The number of benzene rings is 1. The van der Waals surface area contributed by atoms with E-state index in [-0.39, 0.29) is 17.7 Å². The van der Waals surface area contributed by atoms with E-state index in [2.05, 4.69) is 15.0 Å². The van der Waals surface area contributed by atoms with Crippen molar-refractivity contribution < 1.29 is 13.7 Å². The Morgan fingerprint density at radius 1 is 1.48 bits per heavy atom. The maximum absolute atomic E-state index is 13.5. The van der Waals surface area contributed by atoms with Crippen molar-refractivity contribution in [3.05, 3.63) is 46.9 Å². The SMILES string of the molecule is Cc1noc([C@@H]2[C@@H](C)OCCN2Cc2ccc(F)c(C#N)c2)n1. The first-order valence-corrected chi connectivity index (χ1v) is 7.43. The second kappa shape index (κ2) is 6.44. The molecule has 0 amide bonds. The molecule has 2 atom stereocenters. The van der Waals surface area contributed by atoms with E-state index in [1.807, 2.05) is 13.0 Å². The smallest absolute Gasteiger partial charge is 0.246 e. The summed E-state index contributed by atoms with van der Waals surface area (Å²) in [7, 11) is 0. The van der Waals surface area contributed by atoms with E-state index in [4.69, 9.17) is 14.5 Å². The van der Waals surface area contributed by atoms with Gasteiger partial charge in [0.1, 0.15) is 17.9 Å². The molecule has 1 aliphatic heterocycles. The molecule has 120 valence electrons. The van der Waals surface area contributed by atoms with Gasteiger partial charge in [-0.15, -0.1) is 0 Å². The molecule has 2 aromatic rings. The third-order valence-electron chi connectivity index (χ3n) is 3.93. The van der Waals surface area contributed by atoms with E-state index in [9.17, 15) is 4.39 Å². The van der Waals surface area contributed by atoms with Crippen LogP contribution in [0, 0.1) is 24.1 Å². The number of hydrogen-bond donors (Lipinski definition) is 0. The number of aromatic nitrogens is 2. The largest absolute Gasteiger partial charge is 0.375 e. The average Bonchev–Trinajstić information content (AvgIpc) is 2.95. The van der Waals surface area contributed by atoms with Gasteiger partial charge in [-0.3, -0.25) is 4.90 Å². The number of rotatable bonds is 3. The van der Waals surface area contributed by atoms with Crippen LogP contribution in [-0.4, -0.2) is 34.3 Å². The Balaban J connectivity index is 1.86. The molecule has 23 heavy (non-hydrogen) atoms. The van der Waals surface area contributed by atoms with Gasteiger partial charge in [-0.25, -0.2) is 4.39 Å². The predicted molar refractivity (Wildman–Crippen MR) is 78.7 cm³/mol. The van der Waals surface area contributed by atoms with E-state index in [1.165, 1.54) is 6.07 Å². The molecule has 6 nitrogen and oxygen atoms in total. The fourth-order valence-corrected chi connectivity index (χ4v) is 2.84. The number of nitriles is 1. The molecule has 0 saturated carbocycles. The Morgan fingerprint density at radius 3 is 3.00 bits per heavy atom. The highest BCUT2D eigenvalue weighted by molar-refractivity contribution is 5.34. The summed E-state index contributed by atoms with van der Waals surface area (Å²) < 4.78 is 24.5. The zero-order chi connectivity index (χ0) is 16.4. The van der Waals surface area contributed by atoms with Crippen LogP contribution in [0.1, 0.15) is 35.8 Å². The van der Waals surface area contributed by atoms with E-state index >= 15 is 0 Å². The number of halogens is 1. The molecular weight excluding hydrogens is 299 g/mol. The Kier molecular flexibility index (Phi) is 4.37. The van der Waals surface area contributed by atoms with Crippen LogP contribution in [0.15, 0.2) is 22.7 Å². The van der Waals surface area contributed by atoms with Gasteiger partial charge < -0.3 is 9.26 Å². The molecular formula is C16H17FN4O2. The predicted octanol–water partition coefficient (Wildman–Crippen LogP) is 2.35. The lowest BCUT2D eigenvalue weighted by atomic mass is 10.1. The van der Waals surface area contributed by atoms with Crippen LogP contribution in [0.25, 0.3) is 0 Å². The summed E-state index contributed by atoms with van der Waals surface area (Å²) in [5.41, 5.74) is 0.910. The van der Waals surface area contributed by atoms with Gasteiger partial charge in [0.2, 0.25) is 5.89 Å². The third kappa shape index (κ3) is 3.23. The molecule has 0 N–H and O–H groups in total. The van der Waals surface area contributed by atoms with E-state index in [0.29, 0.717) is 31.4 Å². The van der Waals surface area contributed by atoms with E-state index < -0.39 is 5.82 Å². The van der Waals surface area contributed by atoms with Crippen molar-refractivity contribution in [1.29, 1.82) is 5.26 Å². The van der Waals surface area contributed by atoms with Crippen LogP contribution in [0.5, 0.6) is 0 Å². The number of aryl methyl sites for hydroxylation is 1. The maximum Gasteiger partial charge on any atom is 0.246 e. The molecule has 1 fully saturated rings. The molecule has 2 heterocycles. The maximum atomic E-state index is 13.5. The zero-order valence-corrected chi connectivity index (χ0v) is 13.0. The second-order valence-electron chi connectivity index (χ2n) is 5.60. The minimum absolute atomic E-state index is 0.0500. The number of hydrogen-bond acceptors (Lipinski definition) is 6. The molecule has 1 saturated heterocycles. The first kappa shape index (κ1) is 15.6. The highest BCUT2D eigenvalue weighted by Crippen LogP contribution is 2.30. The van der Waals surface area contributed by atoms with Crippen molar-refractivity contribution in [3.63, 3.8) is 0 Å². The molecule has 3 rings (SSSR count). The molecule has 1 aromatic heterocycles. The van der Waals surface area contributed by atoms with Crippen LogP contribution in [0.2, 0.25) is 0 Å². The fraction of sp³-hybridized carbons (Fsp3) is 0.438. The first-order chi connectivity index (χ1) is 11.1. The molecule has 0 bridgehead atoms. The monoisotopic (exact) mass is 316 g/mol. The fourth-order valence-electron chi connectivity index (χ4n) is 2.84. The highest BCUT2D eigenvalue weighted by atomic mass is 19.1. The van der Waals surface area contributed by atoms with Gasteiger partial charge in [-0.05, 0) is 31.5 Å². The Labute approximate surface area is 133 Å². The van der Waals surface area contributed by atoms with Gasteiger partial charge >= 0.3 is 0 Å². The molecule has 0 aliphatic carbocycles. The van der Waals surface area contributed by atoms with Gasteiger partial charge in [0.05, 0.1) is 18.3 Å².